The van der Waals surface area contributed by atoms with Crippen molar-refractivity contribution >= 4 is 11.8 Å². The van der Waals surface area contributed by atoms with Crippen molar-refractivity contribution < 1.29 is 9.90 Å². The lowest BCUT2D eigenvalue weighted by atomic mass is 10.1. The van der Waals surface area contributed by atoms with E-state index in [1.165, 1.54) is 12.3 Å². The summed E-state index contributed by atoms with van der Waals surface area (Å²) in [5.41, 5.74) is 6.15. The van der Waals surface area contributed by atoms with Crippen LogP contribution in [0.3, 0.4) is 0 Å². The number of carbonyl (C=O) groups is 1. The van der Waals surface area contributed by atoms with E-state index in [1.54, 1.807) is 6.92 Å². The summed E-state index contributed by atoms with van der Waals surface area (Å²) in [5, 5.41) is 8.58. The largest absolute Gasteiger partial charge is 0.478 e. The lowest BCUT2D eigenvalue weighted by molar-refractivity contribution is 0.0695. The van der Waals surface area contributed by atoms with Crippen LogP contribution in [0, 0.1) is 6.92 Å². The minimum Gasteiger partial charge on any atom is -0.478 e. The van der Waals surface area contributed by atoms with E-state index in [4.69, 9.17) is 10.8 Å². The summed E-state index contributed by atoms with van der Waals surface area (Å²) >= 11 is 0. The Balaban J connectivity index is 3.20. The average molecular weight is 152 g/mol. The summed E-state index contributed by atoms with van der Waals surface area (Å²) in [6.07, 6.45) is 1.26. The van der Waals surface area contributed by atoms with Crippen LogP contribution in [-0.4, -0.2) is 16.1 Å². The summed E-state index contributed by atoms with van der Waals surface area (Å²) in [5.74, 6) is -0.637. The predicted molar refractivity (Wildman–Crippen MR) is 40.3 cm³/mol. The number of carboxylic acid groups (broad SMARTS) is 1. The molecule has 3 N–H and O–H groups in total. The number of aromatic carboxylic acids is 1. The van der Waals surface area contributed by atoms with Crippen LogP contribution in [0.1, 0.15) is 15.9 Å². The van der Waals surface area contributed by atoms with Gasteiger partial charge in [-0.2, -0.15) is 0 Å². The maximum Gasteiger partial charge on any atom is 0.337 e. The molecule has 0 fully saturated rings. The molecule has 1 aromatic rings. The Kier molecular flexibility index (Phi) is 1.76. The second-order valence-electron chi connectivity index (χ2n) is 2.23. The monoisotopic (exact) mass is 152 g/mol. The molecule has 0 aromatic carbocycles. The lowest BCUT2D eigenvalue weighted by Crippen LogP contribution is -2.02. The first-order chi connectivity index (χ1) is 5.11. The van der Waals surface area contributed by atoms with Crippen molar-refractivity contribution in [3.05, 3.63) is 23.4 Å². The number of rotatable bonds is 1. The summed E-state index contributed by atoms with van der Waals surface area (Å²) in [7, 11) is 0. The smallest absolute Gasteiger partial charge is 0.337 e. The Morgan fingerprint density at radius 2 is 2.36 bits per heavy atom. The molecule has 0 saturated heterocycles. The van der Waals surface area contributed by atoms with Crippen LogP contribution in [0.25, 0.3) is 0 Å². The van der Waals surface area contributed by atoms with Crippen LogP contribution in [0.5, 0.6) is 0 Å². The molecule has 58 valence electrons. The van der Waals surface area contributed by atoms with Crippen LogP contribution in [-0.2, 0) is 0 Å². The quantitative estimate of drug-likeness (QED) is 0.620. The van der Waals surface area contributed by atoms with Crippen molar-refractivity contribution in [2.75, 3.05) is 5.73 Å². The van der Waals surface area contributed by atoms with Crippen LogP contribution in [0.2, 0.25) is 0 Å². The topological polar surface area (TPSA) is 76.2 Å². The zero-order chi connectivity index (χ0) is 8.43. The molecule has 0 bridgehead atoms. The Morgan fingerprint density at radius 1 is 1.73 bits per heavy atom. The van der Waals surface area contributed by atoms with Crippen molar-refractivity contribution in [2.24, 2.45) is 0 Å². The molecule has 1 aromatic heterocycles. The number of hydrogen-bond acceptors (Lipinski definition) is 3. The molecule has 0 unspecified atom stereocenters. The minimum absolute atomic E-state index is 0.194. The second kappa shape index (κ2) is 2.57. The molecular formula is C7H8N2O2. The number of anilines is 1. The van der Waals surface area contributed by atoms with Gasteiger partial charge in [0, 0.05) is 6.20 Å². The highest BCUT2D eigenvalue weighted by Crippen LogP contribution is 2.08. The zero-order valence-electron chi connectivity index (χ0n) is 6.03. The first-order valence-corrected chi connectivity index (χ1v) is 3.06. The number of nitrogen functional groups attached to an aromatic ring is 1. The molecule has 0 aliphatic carbocycles. The van der Waals surface area contributed by atoms with E-state index >= 15 is 0 Å². The van der Waals surface area contributed by atoms with Gasteiger partial charge < -0.3 is 10.8 Å². The van der Waals surface area contributed by atoms with Gasteiger partial charge in [0.05, 0.1) is 5.56 Å². The van der Waals surface area contributed by atoms with Gasteiger partial charge in [0.2, 0.25) is 0 Å². The van der Waals surface area contributed by atoms with Gasteiger partial charge in [-0.3, -0.25) is 0 Å². The van der Waals surface area contributed by atoms with Gasteiger partial charge >= 0.3 is 5.97 Å². The fourth-order valence-corrected chi connectivity index (χ4v) is 0.802. The van der Waals surface area contributed by atoms with E-state index in [-0.39, 0.29) is 5.56 Å². The Bertz CT molecular complexity index is 296. The number of carboxylic acids is 1. The van der Waals surface area contributed by atoms with Gasteiger partial charge in [0.1, 0.15) is 5.82 Å². The van der Waals surface area contributed by atoms with Crippen LogP contribution in [0.4, 0.5) is 5.82 Å². The van der Waals surface area contributed by atoms with Crippen molar-refractivity contribution in [1.29, 1.82) is 0 Å². The van der Waals surface area contributed by atoms with Gasteiger partial charge in [0.25, 0.3) is 0 Å². The number of nitrogens with two attached hydrogens (primary N) is 1. The van der Waals surface area contributed by atoms with E-state index < -0.39 is 5.97 Å². The number of aromatic nitrogens is 1. The molecular weight excluding hydrogens is 144 g/mol. The third kappa shape index (κ3) is 1.46. The highest BCUT2D eigenvalue weighted by atomic mass is 16.4. The molecule has 0 radical (unpaired) electrons. The number of hydrogen-bond donors (Lipinski definition) is 2. The van der Waals surface area contributed by atoms with Gasteiger partial charge in [0.15, 0.2) is 0 Å². The van der Waals surface area contributed by atoms with E-state index in [1.807, 2.05) is 0 Å². The highest BCUT2D eigenvalue weighted by Gasteiger charge is 2.06. The standard InChI is InChI=1S/C7H8N2O2/c1-4-2-6(8)9-3-5(4)7(10)11/h2-3H,1H3,(H2,8,9)(H,10,11). The fraction of sp³-hybridized carbons (Fsp3) is 0.143. The van der Waals surface area contributed by atoms with Crippen LogP contribution >= 0.6 is 0 Å². The summed E-state index contributed by atoms with van der Waals surface area (Å²) < 4.78 is 0. The SMILES string of the molecule is Cc1cc(N)ncc1C(=O)O. The molecule has 0 aliphatic heterocycles. The van der Waals surface area contributed by atoms with Gasteiger partial charge in [-0.05, 0) is 18.6 Å². The molecule has 0 spiro atoms. The zero-order valence-corrected chi connectivity index (χ0v) is 6.03. The third-order valence-electron chi connectivity index (χ3n) is 1.36. The fourth-order valence-electron chi connectivity index (χ4n) is 0.802. The second-order valence-corrected chi connectivity index (χ2v) is 2.23. The van der Waals surface area contributed by atoms with E-state index in [2.05, 4.69) is 4.98 Å². The summed E-state index contributed by atoms with van der Waals surface area (Å²) in [4.78, 5) is 14.1. The summed E-state index contributed by atoms with van der Waals surface area (Å²) in [6, 6.07) is 1.53. The van der Waals surface area contributed by atoms with E-state index in [9.17, 15) is 4.79 Å². The minimum atomic E-state index is -0.977. The van der Waals surface area contributed by atoms with Gasteiger partial charge in [-0.1, -0.05) is 0 Å². The van der Waals surface area contributed by atoms with Crippen LogP contribution < -0.4 is 5.73 Å². The third-order valence-corrected chi connectivity index (χ3v) is 1.36. The van der Waals surface area contributed by atoms with Gasteiger partial charge in [-0.25, -0.2) is 9.78 Å². The number of pyridine rings is 1. The molecule has 0 amide bonds. The maximum absolute atomic E-state index is 10.5. The van der Waals surface area contributed by atoms with Gasteiger partial charge in [-0.15, -0.1) is 0 Å². The van der Waals surface area contributed by atoms with E-state index in [0.717, 1.165) is 0 Å². The summed E-state index contributed by atoms with van der Waals surface area (Å²) in [6.45, 7) is 1.68. The molecule has 0 atom stereocenters. The maximum atomic E-state index is 10.5. The van der Waals surface area contributed by atoms with E-state index in [0.29, 0.717) is 11.4 Å². The molecule has 4 nitrogen and oxygen atoms in total. The normalized spacial score (nSPS) is 9.55. The first-order valence-electron chi connectivity index (χ1n) is 3.06. The van der Waals surface area contributed by atoms with Crippen molar-refractivity contribution in [3.63, 3.8) is 0 Å². The average Bonchev–Trinajstić information content (AvgIpc) is 1.85. The Morgan fingerprint density at radius 3 is 2.82 bits per heavy atom. The van der Waals surface area contributed by atoms with Crippen molar-refractivity contribution in [2.45, 2.75) is 6.92 Å². The molecule has 11 heavy (non-hydrogen) atoms. The molecule has 0 aliphatic rings. The first kappa shape index (κ1) is 7.53. The lowest BCUT2D eigenvalue weighted by Gasteiger charge is -1.99. The molecule has 4 heteroatoms. The van der Waals surface area contributed by atoms with Crippen molar-refractivity contribution in [1.82, 2.24) is 4.98 Å². The number of aryl methyl sites for hydroxylation is 1. The highest BCUT2D eigenvalue weighted by molar-refractivity contribution is 5.89. The molecule has 1 rings (SSSR count). The Labute approximate surface area is 63.7 Å². The molecule has 0 saturated carbocycles. The van der Waals surface area contributed by atoms with Crippen molar-refractivity contribution in [3.8, 4) is 0 Å². The van der Waals surface area contributed by atoms with Crippen LogP contribution in [0.15, 0.2) is 12.3 Å². The molecule has 1 heterocycles. The predicted octanol–water partition coefficient (Wildman–Crippen LogP) is 0.670. The Hall–Kier alpha value is -1.58. The number of nitrogens with zero attached hydrogens (tertiary/aromatic N) is 1.